The highest BCUT2D eigenvalue weighted by molar-refractivity contribution is 5.98. The SMILES string of the molecule is CN1CCN(c2c(F)cc3[nH]c(-c4cnc5ccccc5c4N)nc3c2F)CC1. The first-order valence-corrected chi connectivity index (χ1v) is 9.47. The molecular weight excluding hydrogens is 374 g/mol. The first-order chi connectivity index (χ1) is 14.0. The number of pyridine rings is 1. The number of likely N-dealkylation sites (N-methyl/N-ethyl adjacent to an activating group) is 1. The summed E-state index contributed by atoms with van der Waals surface area (Å²) in [5, 5.41) is 0.787. The standard InChI is InChI=1S/C21H20F2N6/c1-28-6-8-29(9-7-28)20-14(22)10-16-19(17(20)23)27-21(26-16)13-11-25-15-5-3-2-4-12(15)18(13)24/h2-5,10-11H,6-9H2,1H3,(H2,24,25)(H,26,27). The van der Waals surface area contributed by atoms with Gasteiger partial charge in [0.05, 0.1) is 22.3 Å². The number of anilines is 2. The van der Waals surface area contributed by atoms with Crippen LogP contribution in [-0.2, 0) is 0 Å². The van der Waals surface area contributed by atoms with E-state index < -0.39 is 11.6 Å². The number of H-pyrrole nitrogens is 1. The number of nitrogens with one attached hydrogen (secondary N) is 1. The molecule has 1 aliphatic rings. The summed E-state index contributed by atoms with van der Waals surface area (Å²) < 4.78 is 30.1. The first kappa shape index (κ1) is 17.8. The highest BCUT2D eigenvalue weighted by Gasteiger charge is 2.25. The van der Waals surface area contributed by atoms with E-state index in [4.69, 9.17) is 5.73 Å². The molecule has 3 N–H and O–H groups in total. The second-order valence-corrected chi connectivity index (χ2v) is 7.40. The van der Waals surface area contributed by atoms with Crippen LogP contribution in [0.1, 0.15) is 0 Å². The Labute approximate surface area is 166 Å². The molecule has 148 valence electrons. The Kier molecular flexibility index (Phi) is 4.09. The molecule has 0 unspecified atom stereocenters. The van der Waals surface area contributed by atoms with Crippen molar-refractivity contribution in [2.75, 3.05) is 43.9 Å². The molecule has 8 heteroatoms. The van der Waals surface area contributed by atoms with Crippen molar-refractivity contribution >= 4 is 33.3 Å². The lowest BCUT2D eigenvalue weighted by Gasteiger charge is -2.34. The van der Waals surface area contributed by atoms with Crippen LogP contribution >= 0.6 is 0 Å². The minimum Gasteiger partial charge on any atom is -0.398 e. The molecule has 6 nitrogen and oxygen atoms in total. The summed E-state index contributed by atoms with van der Waals surface area (Å²) in [5.74, 6) is -0.886. The van der Waals surface area contributed by atoms with Gasteiger partial charge in [-0.2, -0.15) is 0 Å². The van der Waals surface area contributed by atoms with E-state index in [1.807, 2.05) is 31.3 Å². The number of rotatable bonds is 2. The van der Waals surface area contributed by atoms with Crippen LogP contribution in [0.25, 0.3) is 33.3 Å². The van der Waals surface area contributed by atoms with Crippen LogP contribution in [0.3, 0.4) is 0 Å². The topological polar surface area (TPSA) is 74.1 Å². The van der Waals surface area contributed by atoms with E-state index in [0.717, 1.165) is 24.0 Å². The summed E-state index contributed by atoms with van der Waals surface area (Å²) in [6.07, 6.45) is 1.60. The number of benzene rings is 2. The Balaban J connectivity index is 1.63. The number of nitrogens with two attached hydrogens (primary N) is 1. The maximum absolute atomic E-state index is 15.3. The molecule has 1 saturated heterocycles. The third kappa shape index (κ3) is 2.87. The van der Waals surface area contributed by atoms with Gasteiger partial charge >= 0.3 is 0 Å². The lowest BCUT2D eigenvalue weighted by atomic mass is 10.1. The Bertz CT molecular complexity index is 1230. The zero-order chi connectivity index (χ0) is 20.1. The summed E-state index contributed by atoms with van der Waals surface area (Å²) in [6.45, 7) is 2.63. The van der Waals surface area contributed by atoms with Gasteiger partial charge in [-0.15, -0.1) is 0 Å². The Morgan fingerprint density at radius 1 is 1.10 bits per heavy atom. The molecule has 1 fully saturated rings. The fraction of sp³-hybridized carbons (Fsp3) is 0.238. The third-order valence-electron chi connectivity index (χ3n) is 5.54. The predicted octanol–water partition coefficient (Wildman–Crippen LogP) is 3.39. The van der Waals surface area contributed by atoms with E-state index in [0.29, 0.717) is 35.7 Å². The van der Waals surface area contributed by atoms with Crippen molar-refractivity contribution in [1.82, 2.24) is 19.9 Å². The smallest absolute Gasteiger partial charge is 0.177 e. The maximum atomic E-state index is 15.3. The summed E-state index contributed by atoms with van der Waals surface area (Å²) in [4.78, 5) is 15.7. The molecule has 0 spiro atoms. The molecule has 2 aromatic carbocycles. The van der Waals surface area contributed by atoms with E-state index in [1.165, 1.54) is 6.07 Å². The minimum absolute atomic E-state index is 0.0201. The van der Waals surface area contributed by atoms with Crippen molar-refractivity contribution in [2.45, 2.75) is 0 Å². The van der Waals surface area contributed by atoms with Gasteiger partial charge in [-0.05, 0) is 13.1 Å². The maximum Gasteiger partial charge on any atom is 0.177 e. The number of fused-ring (bicyclic) bond motifs is 2. The van der Waals surface area contributed by atoms with Crippen LogP contribution in [0, 0.1) is 11.6 Å². The predicted molar refractivity (Wildman–Crippen MR) is 111 cm³/mol. The number of halogens is 2. The minimum atomic E-state index is -0.653. The van der Waals surface area contributed by atoms with E-state index in [9.17, 15) is 4.39 Å². The second-order valence-electron chi connectivity index (χ2n) is 7.40. The van der Waals surface area contributed by atoms with Crippen molar-refractivity contribution in [3.63, 3.8) is 0 Å². The van der Waals surface area contributed by atoms with E-state index in [-0.39, 0.29) is 11.2 Å². The van der Waals surface area contributed by atoms with Crippen molar-refractivity contribution < 1.29 is 8.78 Å². The number of piperazine rings is 1. The lowest BCUT2D eigenvalue weighted by Crippen LogP contribution is -2.45. The molecule has 5 rings (SSSR count). The summed E-state index contributed by atoms with van der Waals surface area (Å²) >= 11 is 0. The number of para-hydroxylation sites is 1. The first-order valence-electron chi connectivity index (χ1n) is 9.47. The second kappa shape index (κ2) is 6.66. The van der Waals surface area contributed by atoms with Gasteiger partial charge in [-0.1, -0.05) is 18.2 Å². The Hall–Kier alpha value is -3.26. The highest BCUT2D eigenvalue weighted by atomic mass is 19.1. The van der Waals surface area contributed by atoms with Gasteiger partial charge in [-0.3, -0.25) is 4.98 Å². The average molecular weight is 394 g/mol. The summed E-state index contributed by atoms with van der Waals surface area (Å²) in [6, 6.07) is 8.79. The highest BCUT2D eigenvalue weighted by Crippen LogP contribution is 2.34. The van der Waals surface area contributed by atoms with Gasteiger partial charge < -0.3 is 20.5 Å². The van der Waals surface area contributed by atoms with Gasteiger partial charge in [0.25, 0.3) is 0 Å². The quantitative estimate of drug-likeness (QED) is 0.545. The van der Waals surface area contributed by atoms with E-state index >= 15 is 4.39 Å². The molecule has 3 heterocycles. The molecule has 0 bridgehead atoms. The number of hydrogen-bond acceptors (Lipinski definition) is 5. The molecular formula is C21H20F2N6. The van der Waals surface area contributed by atoms with Crippen LogP contribution in [0.2, 0.25) is 0 Å². The van der Waals surface area contributed by atoms with Crippen LogP contribution in [0.5, 0.6) is 0 Å². The molecule has 2 aromatic heterocycles. The third-order valence-corrected chi connectivity index (χ3v) is 5.54. The van der Waals surface area contributed by atoms with Crippen molar-refractivity contribution in [2.24, 2.45) is 0 Å². The van der Waals surface area contributed by atoms with Crippen molar-refractivity contribution in [1.29, 1.82) is 0 Å². The van der Waals surface area contributed by atoms with Crippen molar-refractivity contribution in [3.05, 3.63) is 48.2 Å². The van der Waals surface area contributed by atoms with E-state index in [2.05, 4.69) is 19.9 Å². The molecule has 4 aromatic rings. The molecule has 0 atom stereocenters. The normalized spacial score (nSPS) is 15.5. The molecule has 0 saturated carbocycles. The molecule has 0 radical (unpaired) electrons. The van der Waals surface area contributed by atoms with Gasteiger partial charge in [0, 0.05) is 43.8 Å². The number of aromatic nitrogens is 3. The zero-order valence-corrected chi connectivity index (χ0v) is 15.9. The lowest BCUT2D eigenvalue weighted by molar-refractivity contribution is 0.310. The fourth-order valence-corrected chi connectivity index (χ4v) is 3.87. The Morgan fingerprint density at radius 2 is 1.86 bits per heavy atom. The fourth-order valence-electron chi connectivity index (χ4n) is 3.87. The zero-order valence-electron chi connectivity index (χ0n) is 15.9. The molecule has 0 aliphatic carbocycles. The van der Waals surface area contributed by atoms with Crippen LogP contribution in [-0.4, -0.2) is 53.1 Å². The van der Waals surface area contributed by atoms with Crippen LogP contribution in [0.4, 0.5) is 20.2 Å². The van der Waals surface area contributed by atoms with Gasteiger partial charge in [0.15, 0.2) is 11.6 Å². The number of imidazole rings is 1. The van der Waals surface area contributed by atoms with E-state index in [1.54, 1.807) is 11.1 Å². The summed E-state index contributed by atoms with van der Waals surface area (Å²) in [5.41, 5.74) is 8.51. The number of nitrogen functional groups attached to an aromatic ring is 1. The number of aromatic amines is 1. The molecule has 1 aliphatic heterocycles. The number of nitrogens with zero attached hydrogens (tertiary/aromatic N) is 4. The van der Waals surface area contributed by atoms with Gasteiger partial charge in [-0.25, -0.2) is 13.8 Å². The van der Waals surface area contributed by atoms with Gasteiger partial charge in [0.1, 0.15) is 17.0 Å². The van der Waals surface area contributed by atoms with Crippen LogP contribution in [0.15, 0.2) is 36.5 Å². The summed E-state index contributed by atoms with van der Waals surface area (Å²) in [7, 11) is 2.00. The Morgan fingerprint density at radius 3 is 2.66 bits per heavy atom. The number of hydrogen-bond donors (Lipinski definition) is 2. The van der Waals surface area contributed by atoms with Gasteiger partial charge in [0.2, 0.25) is 0 Å². The average Bonchev–Trinajstić information content (AvgIpc) is 3.14. The van der Waals surface area contributed by atoms with Crippen molar-refractivity contribution in [3.8, 4) is 11.4 Å². The van der Waals surface area contributed by atoms with Crippen LogP contribution < -0.4 is 10.6 Å². The largest absolute Gasteiger partial charge is 0.398 e. The molecule has 0 amide bonds. The monoisotopic (exact) mass is 394 g/mol. The molecule has 29 heavy (non-hydrogen) atoms.